The summed E-state index contributed by atoms with van der Waals surface area (Å²) >= 11 is 1.69. The zero-order chi connectivity index (χ0) is 17.6. The molecule has 1 aromatic carbocycles. The minimum Gasteiger partial charge on any atom is -0.325 e. The molecule has 0 radical (unpaired) electrons. The smallest absolute Gasteiger partial charge is 0.321 e. The molecule has 1 aliphatic rings. The fourth-order valence-electron chi connectivity index (χ4n) is 3.28. The Bertz CT molecular complexity index is 738. The largest absolute Gasteiger partial charge is 0.325 e. The number of hydroxylamine groups is 1. The van der Waals surface area contributed by atoms with Crippen molar-refractivity contribution in [2.45, 2.75) is 32.1 Å². The van der Waals surface area contributed by atoms with E-state index in [1.807, 2.05) is 28.5 Å². The monoisotopic (exact) mass is 361 g/mol. The summed E-state index contributed by atoms with van der Waals surface area (Å²) in [5.41, 5.74) is 2.48. The van der Waals surface area contributed by atoms with Gasteiger partial charge in [0.2, 0.25) is 5.91 Å². The van der Waals surface area contributed by atoms with Gasteiger partial charge in [0.15, 0.2) is 0 Å². The van der Waals surface area contributed by atoms with E-state index in [2.05, 4.69) is 11.4 Å². The van der Waals surface area contributed by atoms with Gasteiger partial charge >= 0.3 is 6.03 Å². The zero-order valence-corrected chi connectivity index (χ0v) is 14.8. The van der Waals surface area contributed by atoms with Crippen molar-refractivity contribution in [1.29, 1.82) is 0 Å². The maximum atomic E-state index is 12.4. The molecule has 3 N–H and O–H groups in total. The second-order valence-corrected chi connectivity index (χ2v) is 7.41. The first kappa shape index (κ1) is 17.7. The average Bonchev–Trinajstić information content (AvgIpc) is 3.10. The molecule has 0 atom stereocenters. The third-order valence-corrected chi connectivity index (χ3v) is 5.64. The molecule has 1 saturated heterocycles. The summed E-state index contributed by atoms with van der Waals surface area (Å²) < 4.78 is 1.22. The Balaban J connectivity index is 1.44. The van der Waals surface area contributed by atoms with Gasteiger partial charge in [-0.15, -0.1) is 11.3 Å². The van der Waals surface area contributed by atoms with Crippen molar-refractivity contribution in [3.05, 3.63) is 29.6 Å². The summed E-state index contributed by atoms with van der Waals surface area (Å²) in [5.74, 6) is 0.206. The number of thiophene rings is 1. The Morgan fingerprint density at radius 1 is 1.24 bits per heavy atom. The highest BCUT2D eigenvalue weighted by Crippen LogP contribution is 2.25. The summed E-state index contributed by atoms with van der Waals surface area (Å²) in [6.45, 7) is 1.48. The molecular weight excluding hydrogens is 338 g/mol. The molecule has 2 aromatic rings. The van der Waals surface area contributed by atoms with E-state index in [1.54, 1.807) is 16.8 Å². The minimum absolute atomic E-state index is 0.0484. The molecule has 1 aliphatic heterocycles. The summed E-state index contributed by atoms with van der Waals surface area (Å²) in [5, 5.41) is 14.7. The number of nitrogens with one attached hydrogen (secondary N) is 2. The molecule has 2 heterocycles. The van der Waals surface area contributed by atoms with E-state index in [9.17, 15) is 9.59 Å². The molecular formula is C18H23N3O3S. The predicted molar refractivity (Wildman–Crippen MR) is 98.9 cm³/mol. The topological polar surface area (TPSA) is 81.7 Å². The van der Waals surface area contributed by atoms with Gasteiger partial charge in [-0.05, 0) is 66.6 Å². The van der Waals surface area contributed by atoms with Gasteiger partial charge in [-0.1, -0.05) is 0 Å². The second kappa shape index (κ2) is 8.31. The number of anilines is 1. The first-order valence-corrected chi connectivity index (χ1v) is 9.50. The van der Waals surface area contributed by atoms with Gasteiger partial charge in [0.25, 0.3) is 0 Å². The van der Waals surface area contributed by atoms with E-state index in [-0.39, 0.29) is 11.9 Å². The first-order chi connectivity index (χ1) is 12.2. The first-order valence-electron chi connectivity index (χ1n) is 8.62. The van der Waals surface area contributed by atoms with E-state index in [0.29, 0.717) is 12.3 Å². The second-order valence-electron chi connectivity index (χ2n) is 6.46. The lowest BCUT2D eigenvalue weighted by molar-refractivity contribution is -0.129. The number of amides is 3. The number of hydrogen-bond donors (Lipinski definition) is 3. The normalized spacial score (nSPS) is 15.3. The standard InChI is InChI=1S/C18H23N3O3S/c22-17(20-24)3-1-2-13-6-9-21(10-7-13)18(23)19-15-4-5-16-14(12-15)8-11-25-16/h4-5,8,11-13,24H,1-3,6-7,9-10H2,(H,19,23)(H,20,22). The Morgan fingerprint density at radius 2 is 2.04 bits per heavy atom. The molecule has 25 heavy (non-hydrogen) atoms. The molecule has 134 valence electrons. The van der Waals surface area contributed by atoms with E-state index in [0.717, 1.165) is 49.8 Å². The third-order valence-electron chi connectivity index (χ3n) is 4.75. The molecule has 3 amide bonds. The van der Waals surface area contributed by atoms with E-state index < -0.39 is 0 Å². The zero-order valence-electron chi connectivity index (χ0n) is 14.0. The minimum atomic E-state index is -0.334. The van der Waals surface area contributed by atoms with Crippen molar-refractivity contribution in [2.75, 3.05) is 18.4 Å². The van der Waals surface area contributed by atoms with Crippen LogP contribution in [0.4, 0.5) is 10.5 Å². The molecule has 0 unspecified atom stereocenters. The summed E-state index contributed by atoms with van der Waals surface area (Å²) in [4.78, 5) is 25.3. The van der Waals surface area contributed by atoms with E-state index >= 15 is 0 Å². The van der Waals surface area contributed by atoms with Crippen LogP contribution in [0.5, 0.6) is 0 Å². The number of carbonyl (C=O) groups excluding carboxylic acids is 2. The van der Waals surface area contributed by atoms with Crippen LogP contribution in [-0.4, -0.2) is 35.1 Å². The number of benzene rings is 1. The summed E-state index contributed by atoms with van der Waals surface area (Å²) in [6.07, 6.45) is 3.99. The van der Waals surface area contributed by atoms with Gasteiger partial charge in [-0.25, -0.2) is 10.3 Å². The van der Waals surface area contributed by atoms with Gasteiger partial charge in [0.05, 0.1) is 0 Å². The summed E-state index contributed by atoms with van der Waals surface area (Å²) in [6, 6.07) is 7.98. The van der Waals surface area contributed by atoms with Crippen LogP contribution in [0.15, 0.2) is 29.6 Å². The number of piperidine rings is 1. The van der Waals surface area contributed by atoms with Crippen LogP contribution in [0.2, 0.25) is 0 Å². The van der Waals surface area contributed by atoms with Crippen LogP contribution in [0.25, 0.3) is 10.1 Å². The number of rotatable bonds is 5. The SMILES string of the molecule is O=C(CCCC1CCN(C(=O)Nc2ccc3sccc3c2)CC1)NO. The van der Waals surface area contributed by atoms with Crippen molar-refractivity contribution in [3.63, 3.8) is 0 Å². The lowest BCUT2D eigenvalue weighted by Gasteiger charge is -2.32. The van der Waals surface area contributed by atoms with Crippen LogP contribution < -0.4 is 10.8 Å². The molecule has 3 rings (SSSR count). The van der Waals surface area contributed by atoms with Crippen LogP contribution in [0.1, 0.15) is 32.1 Å². The number of likely N-dealkylation sites (tertiary alicyclic amines) is 1. The van der Waals surface area contributed by atoms with Crippen molar-refractivity contribution in [1.82, 2.24) is 10.4 Å². The van der Waals surface area contributed by atoms with Crippen molar-refractivity contribution < 1.29 is 14.8 Å². The molecule has 0 spiro atoms. The fourth-order valence-corrected chi connectivity index (χ4v) is 4.05. The third kappa shape index (κ3) is 4.70. The quantitative estimate of drug-likeness (QED) is 0.559. The van der Waals surface area contributed by atoms with Crippen LogP contribution >= 0.6 is 11.3 Å². The predicted octanol–water partition coefficient (Wildman–Crippen LogP) is 3.82. The Kier molecular flexibility index (Phi) is 5.88. The number of fused-ring (bicyclic) bond motifs is 1. The molecule has 1 aromatic heterocycles. The van der Waals surface area contributed by atoms with Gasteiger partial charge in [-0.3, -0.25) is 10.0 Å². The Hall–Kier alpha value is -2.12. The molecule has 0 bridgehead atoms. The van der Waals surface area contributed by atoms with Crippen molar-refractivity contribution in [2.24, 2.45) is 5.92 Å². The Labute approximate surface area is 150 Å². The molecule has 7 heteroatoms. The van der Waals surface area contributed by atoms with Crippen LogP contribution in [-0.2, 0) is 4.79 Å². The highest BCUT2D eigenvalue weighted by molar-refractivity contribution is 7.17. The number of nitrogens with zero attached hydrogens (tertiary/aromatic N) is 1. The van der Waals surface area contributed by atoms with E-state index in [4.69, 9.17) is 5.21 Å². The molecule has 1 fully saturated rings. The van der Waals surface area contributed by atoms with Gasteiger partial charge < -0.3 is 10.2 Å². The maximum Gasteiger partial charge on any atom is 0.321 e. The number of carbonyl (C=O) groups is 2. The number of hydrogen-bond acceptors (Lipinski definition) is 4. The lowest BCUT2D eigenvalue weighted by Crippen LogP contribution is -2.41. The molecule has 0 aliphatic carbocycles. The lowest BCUT2D eigenvalue weighted by atomic mass is 9.91. The average molecular weight is 361 g/mol. The fraction of sp³-hybridized carbons (Fsp3) is 0.444. The van der Waals surface area contributed by atoms with Crippen molar-refractivity contribution in [3.8, 4) is 0 Å². The van der Waals surface area contributed by atoms with Gasteiger partial charge in [0, 0.05) is 29.9 Å². The van der Waals surface area contributed by atoms with Gasteiger partial charge in [0.1, 0.15) is 0 Å². The number of urea groups is 1. The summed E-state index contributed by atoms with van der Waals surface area (Å²) in [7, 11) is 0. The molecule has 6 nitrogen and oxygen atoms in total. The van der Waals surface area contributed by atoms with E-state index in [1.165, 1.54) is 4.70 Å². The molecule has 0 saturated carbocycles. The highest BCUT2D eigenvalue weighted by atomic mass is 32.1. The highest BCUT2D eigenvalue weighted by Gasteiger charge is 2.22. The van der Waals surface area contributed by atoms with Crippen LogP contribution in [0, 0.1) is 5.92 Å². The van der Waals surface area contributed by atoms with Crippen LogP contribution in [0.3, 0.4) is 0 Å². The Morgan fingerprint density at radius 3 is 2.80 bits per heavy atom. The maximum absolute atomic E-state index is 12.4. The van der Waals surface area contributed by atoms with Crippen molar-refractivity contribution >= 4 is 39.0 Å². The van der Waals surface area contributed by atoms with Gasteiger partial charge in [-0.2, -0.15) is 0 Å².